The summed E-state index contributed by atoms with van der Waals surface area (Å²) in [4.78, 5) is 0. The maximum Gasteiger partial charge on any atom is 0.0847 e. The smallest absolute Gasteiger partial charge is 0.0847 e. The molecule has 0 aliphatic carbocycles. The Bertz CT molecular complexity index is 597. The van der Waals surface area contributed by atoms with Crippen molar-refractivity contribution >= 4 is 27.5 Å². The van der Waals surface area contributed by atoms with Gasteiger partial charge in [-0.1, -0.05) is 39.7 Å². The second-order valence-corrected chi connectivity index (χ2v) is 6.17. The Hall–Kier alpha value is -0.880. The molecule has 0 aliphatic rings. The third kappa shape index (κ3) is 3.61. The zero-order chi connectivity index (χ0) is 14.7. The van der Waals surface area contributed by atoms with Gasteiger partial charge in [0.2, 0.25) is 0 Å². The molecule has 1 aromatic heterocycles. The summed E-state index contributed by atoms with van der Waals surface area (Å²) in [5.41, 5.74) is 5.94. The molecular formula is C14H18BrClN4. The standard InChI is InChI=1S/C14H18BrClN4/c1-9-14(16)13(20(2)19-9)8-12(18-17)7-10-4-3-5-11(15)6-10/h3-6,12,18H,7-8,17H2,1-2H3. The van der Waals surface area contributed by atoms with Crippen LogP contribution >= 0.6 is 27.5 Å². The van der Waals surface area contributed by atoms with Crippen LogP contribution in [0.2, 0.25) is 5.02 Å². The van der Waals surface area contributed by atoms with E-state index in [0.717, 1.165) is 33.7 Å². The van der Waals surface area contributed by atoms with E-state index in [-0.39, 0.29) is 6.04 Å². The van der Waals surface area contributed by atoms with Crippen molar-refractivity contribution in [2.24, 2.45) is 12.9 Å². The van der Waals surface area contributed by atoms with Gasteiger partial charge in [0.05, 0.1) is 16.4 Å². The lowest BCUT2D eigenvalue weighted by atomic mass is 10.0. The lowest BCUT2D eigenvalue weighted by Gasteiger charge is -2.16. The fourth-order valence-corrected chi connectivity index (χ4v) is 2.96. The first-order chi connectivity index (χ1) is 9.51. The molecule has 0 spiro atoms. The molecular weight excluding hydrogens is 340 g/mol. The first-order valence-electron chi connectivity index (χ1n) is 6.39. The Morgan fingerprint density at radius 3 is 2.75 bits per heavy atom. The topological polar surface area (TPSA) is 55.9 Å². The van der Waals surface area contributed by atoms with Crippen molar-refractivity contribution < 1.29 is 0 Å². The van der Waals surface area contributed by atoms with E-state index in [2.05, 4.69) is 38.6 Å². The molecule has 2 rings (SSSR count). The summed E-state index contributed by atoms with van der Waals surface area (Å²) in [5.74, 6) is 5.68. The van der Waals surface area contributed by atoms with Crippen molar-refractivity contribution in [3.8, 4) is 0 Å². The van der Waals surface area contributed by atoms with Crippen molar-refractivity contribution in [1.29, 1.82) is 0 Å². The molecule has 1 atom stereocenters. The van der Waals surface area contributed by atoms with Gasteiger partial charge in [-0.05, 0) is 31.0 Å². The molecule has 0 saturated carbocycles. The van der Waals surface area contributed by atoms with Crippen LogP contribution in [0.25, 0.3) is 0 Å². The van der Waals surface area contributed by atoms with E-state index in [1.807, 2.05) is 30.8 Å². The molecule has 0 fully saturated rings. The van der Waals surface area contributed by atoms with Gasteiger partial charge in [-0.25, -0.2) is 0 Å². The van der Waals surface area contributed by atoms with Crippen LogP contribution in [0.4, 0.5) is 0 Å². The molecule has 1 unspecified atom stereocenters. The van der Waals surface area contributed by atoms with Gasteiger partial charge >= 0.3 is 0 Å². The molecule has 4 nitrogen and oxygen atoms in total. The maximum atomic E-state index is 6.28. The molecule has 0 saturated heterocycles. The van der Waals surface area contributed by atoms with Gasteiger partial charge in [0.15, 0.2) is 0 Å². The first kappa shape index (κ1) is 15.5. The summed E-state index contributed by atoms with van der Waals surface area (Å²) in [6, 6.07) is 8.33. The largest absolute Gasteiger partial charge is 0.271 e. The average Bonchev–Trinajstić information content (AvgIpc) is 2.64. The number of nitrogens with zero attached hydrogens (tertiary/aromatic N) is 2. The molecule has 0 radical (unpaired) electrons. The minimum atomic E-state index is 0.108. The molecule has 6 heteroatoms. The zero-order valence-electron chi connectivity index (χ0n) is 11.5. The van der Waals surface area contributed by atoms with Crippen LogP contribution in [0, 0.1) is 6.92 Å². The molecule has 1 heterocycles. The highest BCUT2D eigenvalue weighted by atomic mass is 79.9. The van der Waals surface area contributed by atoms with Crippen molar-refractivity contribution in [3.63, 3.8) is 0 Å². The zero-order valence-corrected chi connectivity index (χ0v) is 13.9. The van der Waals surface area contributed by atoms with Gasteiger partial charge in [0.1, 0.15) is 0 Å². The molecule has 1 aromatic carbocycles. The first-order valence-corrected chi connectivity index (χ1v) is 7.57. The van der Waals surface area contributed by atoms with Crippen LogP contribution in [-0.2, 0) is 19.9 Å². The predicted octanol–water partition coefficient (Wildman–Crippen LogP) is 2.76. The normalized spacial score (nSPS) is 12.7. The van der Waals surface area contributed by atoms with E-state index in [4.69, 9.17) is 17.4 Å². The fraction of sp³-hybridized carbons (Fsp3) is 0.357. The summed E-state index contributed by atoms with van der Waals surface area (Å²) in [6.07, 6.45) is 1.57. The van der Waals surface area contributed by atoms with Crippen molar-refractivity contribution in [2.75, 3.05) is 0 Å². The Labute approximate surface area is 132 Å². The minimum absolute atomic E-state index is 0.108. The molecule has 2 aromatic rings. The van der Waals surface area contributed by atoms with Crippen LogP contribution in [0.1, 0.15) is 17.0 Å². The third-order valence-electron chi connectivity index (χ3n) is 3.31. The Morgan fingerprint density at radius 1 is 1.45 bits per heavy atom. The van der Waals surface area contributed by atoms with Crippen molar-refractivity contribution in [1.82, 2.24) is 15.2 Å². The minimum Gasteiger partial charge on any atom is -0.271 e. The third-order valence-corrected chi connectivity index (χ3v) is 4.29. The van der Waals surface area contributed by atoms with Crippen LogP contribution in [-0.4, -0.2) is 15.8 Å². The highest BCUT2D eigenvalue weighted by Crippen LogP contribution is 2.22. The maximum absolute atomic E-state index is 6.28. The van der Waals surface area contributed by atoms with E-state index in [1.165, 1.54) is 5.56 Å². The second-order valence-electron chi connectivity index (χ2n) is 4.87. The molecule has 108 valence electrons. The van der Waals surface area contributed by atoms with E-state index < -0.39 is 0 Å². The molecule has 0 bridgehead atoms. The monoisotopic (exact) mass is 356 g/mol. The number of hydrazine groups is 1. The number of rotatable bonds is 5. The highest BCUT2D eigenvalue weighted by molar-refractivity contribution is 9.10. The highest BCUT2D eigenvalue weighted by Gasteiger charge is 2.16. The quantitative estimate of drug-likeness (QED) is 0.639. The molecule has 3 N–H and O–H groups in total. The Balaban J connectivity index is 2.13. The van der Waals surface area contributed by atoms with E-state index in [9.17, 15) is 0 Å². The number of hydrogen-bond acceptors (Lipinski definition) is 3. The van der Waals surface area contributed by atoms with Crippen LogP contribution in [0.3, 0.4) is 0 Å². The Kier molecular flexibility index (Phi) is 5.21. The van der Waals surface area contributed by atoms with Crippen LogP contribution in [0.15, 0.2) is 28.7 Å². The summed E-state index contributed by atoms with van der Waals surface area (Å²) >= 11 is 9.76. The number of aromatic nitrogens is 2. The van der Waals surface area contributed by atoms with Crippen molar-refractivity contribution in [2.45, 2.75) is 25.8 Å². The molecule has 0 amide bonds. The van der Waals surface area contributed by atoms with E-state index in [0.29, 0.717) is 0 Å². The molecule has 20 heavy (non-hydrogen) atoms. The van der Waals surface area contributed by atoms with Gasteiger partial charge in [-0.15, -0.1) is 0 Å². The molecule has 0 aliphatic heterocycles. The second kappa shape index (κ2) is 6.72. The van der Waals surface area contributed by atoms with Gasteiger partial charge in [-0.3, -0.25) is 16.0 Å². The summed E-state index contributed by atoms with van der Waals surface area (Å²) in [6.45, 7) is 1.91. The number of halogens is 2. The van der Waals surface area contributed by atoms with Gasteiger partial charge < -0.3 is 0 Å². The lowest BCUT2D eigenvalue weighted by Crippen LogP contribution is -2.39. The van der Waals surface area contributed by atoms with Crippen molar-refractivity contribution in [3.05, 3.63) is 50.7 Å². The van der Waals surface area contributed by atoms with E-state index >= 15 is 0 Å². The van der Waals surface area contributed by atoms with Crippen LogP contribution < -0.4 is 11.3 Å². The number of nitrogens with one attached hydrogen (secondary N) is 1. The van der Waals surface area contributed by atoms with Gasteiger partial charge in [-0.2, -0.15) is 5.10 Å². The number of benzene rings is 1. The van der Waals surface area contributed by atoms with Crippen LogP contribution in [0.5, 0.6) is 0 Å². The number of hydrogen-bond donors (Lipinski definition) is 2. The predicted molar refractivity (Wildman–Crippen MR) is 85.6 cm³/mol. The van der Waals surface area contributed by atoms with Gasteiger partial charge in [0.25, 0.3) is 0 Å². The summed E-state index contributed by atoms with van der Waals surface area (Å²) in [7, 11) is 1.90. The summed E-state index contributed by atoms with van der Waals surface area (Å²) < 4.78 is 2.89. The average molecular weight is 358 g/mol. The summed E-state index contributed by atoms with van der Waals surface area (Å²) in [5, 5.41) is 5.05. The van der Waals surface area contributed by atoms with Gasteiger partial charge in [0, 0.05) is 24.0 Å². The fourth-order valence-electron chi connectivity index (χ4n) is 2.27. The van der Waals surface area contributed by atoms with E-state index in [1.54, 1.807) is 0 Å². The number of nitrogens with two attached hydrogens (primary N) is 1. The lowest BCUT2D eigenvalue weighted by molar-refractivity contribution is 0.505. The Morgan fingerprint density at radius 2 is 2.20 bits per heavy atom. The number of aryl methyl sites for hydroxylation is 2. The SMILES string of the molecule is Cc1nn(C)c(CC(Cc2cccc(Br)c2)NN)c1Cl.